The first-order valence-corrected chi connectivity index (χ1v) is 4.51. The standard InChI is InChI=1S/C11H10N2O2/c1-7-4-2-3-5-8(7)9-6-10(11(12)14)15-13-9/h2-6H,1H3,(H2,12,14). The summed E-state index contributed by atoms with van der Waals surface area (Å²) < 4.78 is 4.81. The van der Waals surface area contributed by atoms with Crippen LogP contribution in [0.4, 0.5) is 0 Å². The normalized spacial score (nSPS) is 10.2. The summed E-state index contributed by atoms with van der Waals surface area (Å²) in [4.78, 5) is 10.8. The molecule has 0 saturated heterocycles. The van der Waals surface area contributed by atoms with Crippen LogP contribution in [0.1, 0.15) is 16.1 Å². The average Bonchev–Trinajstić information content (AvgIpc) is 2.67. The van der Waals surface area contributed by atoms with Gasteiger partial charge in [-0.05, 0) is 12.5 Å². The largest absolute Gasteiger partial charge is 0.363 e. The third-order valence-corrected chi connectivity index (χ3v) is 2.17. The van der Waals surface area contributed by atoms with E-state index in [1.807, 2.05) is 31.2 Å². The lowest BCUT2D eigenvalue weighted by molar-refractivity contribution is 0.0965. The second kappa shape index (κ2) is 3.57. The summed E-state index contributed by atoms with van der Waals surface area (Å²) in [5.41, 5.74) is 7.71. The van der Waals surface area contributed by atoms with Gasteiger partial charge >= 0.3 is 0 Å². The van der Waals surface area contributed by atoms with Gasteiger partial charge in [-0.25, -0.2) is 0 Å². The molecule has 0 aliphatic rings. The van der Waals surface area contributed by atoms with Crippen molar-refractivity contribution in [3.05, 3.63) is 41.7 Å². The molecule has 1 aromatic carbocycles. The van der Waals surface area contributed by atoms with Crippen LogP contribution in [0.2, 0.25) is 0 Å². The van der Waals surface area contributed by atoms with Crippen LogP contribution >= 0.6 is 0 Å². The van der Waals surface area contributed by atoms with E-state index in [4.69, 9.17) is 10.3 Å². The van der Waals surface area contributed by atoms with Crippen molar-refractivity contribution >= 4 is 5.91 Å². The van der Waals surface area contributed by atoms with Crippen LogP contribution < -0.4 is 5.73 Å². The minimum Gasteiger partial charge on any atom is -0.363 e. The Morgan fingerprint density at radius 3 is 2.73 bits per heavy atom. The molecule has 0 aliphatic heterocycles. The second-order valence-electron chi connectivity index (χ2n) is 3.26. The van der Waals surface area contributed by atoms with Gasteiger partial charge in [-0.1, -0.05) is 29.4 Å². The topological polar surface area (TPSA) is 69.1 Å². The number of carbonyl (C=O) groups is 1. The molecule has 2 N–H and O–H groups in total. The number of aromatic nitrogens is 1. The van der Waals surface area contributed by atoms with Crippen LogP contribution in [0, 0.1) is 6.92 Å². The summed E-state index contributed by atoms with van der Waals surface area (Å²) in [7, 11) is 0. The molecule has 2 aromatic rings. The van der Waals surface area contributed by atoms with Crippen LogP contribution in [0.5, 0.6) is 0 Å². The molecule has 4 nitrogen and oxygen atoms in total. The van der Waals surface area contributed by atoms with Gasteiger partial charge in [-0.15, -0.1) is 0 Å². The van der Waals surface area contributed by atoms with Crippen molar-refractivity contribution < 1.29 is 9.32 Å². The Hall–Kier alpha value is -2.10. The van der Waals surface area contributed by atoms with E-state index < -0.39 is 5.91 Å². The Kier molecular flexibility index (Phi) is 2.25. The zero-order valence-corrected chi connectivity index (χ0v) is 8.23. The monoisotopic (exact) mass is 202 g/mol. The van der Waals surface area contributed by atoms with Gasteiger partial charge in [0.1, 0.15) is 5.69 Å². The number of carbonyl (C=O) groups excluding carboxylic acids is 1. The quantitative estimate of drug-likeness (QED) is 0.806. The van der Waals surface area contributed by atoms with Gasteiger partial charge in [0.25, 0.3) is 5.91 Å². The van der Waals surface area contributed by atoms with Crippen LogP contribution in [0.25, 0.3) is 11.3 Å². The summed E-state index contributed by atoms with van der Waals surface area (Å²) >= 11 is 0. The summed E-state index contributed by atoms with van der Waals surface area (Å²) in [5, 5.41) is 3.79. The maximum Gasteiger partial charge on any atom is 0.287 e. The van der Waals surface area contributed by atoms with E-state index in [2.05, 4.69) is 5.16 Å². The van der Waals surface area contributed by atoms with Crippen molar-refractivity contribution in [1.29, 1.82) is 0 Å². The zero-order valence-electron chi connectivity index (χ0n) is 8.23. The molecule has 76 valence electrons. The van der Waals surface area contributed by atoms with Crippen molar-refractivity contribution in [1.82, 2.24) is 5.16 Å². The summed E-state index contributed by atoms with van der Waals surface area (Å²) in [6.45, 7) is 1.97. The van der Waals surface area contributed by atoms with Crippen LogP contribution in [0.15, 0.2) is 34.9 Å². The highest BCUT2D eigenvalue weighted by Crippen LogP contribution is 2.22. The molecule has 0 unspecified atom stereocenters. The Bertz CT molecular complexity index is 503. The highest BCUT2D eigenvalue weighted by molar-refractivity contribution is 5.90. The van der Waals surface area contributed by atoms with Gasteiger partial charge < -0.3 is 10.3 Å². The SMILES string of the molecule is Cc1ccccc1-c1cc(C(N)=O)on1. The Labute approximate surface area is 86.7 Å². The molecule has 1 aromatic heterocycles. The highest BCUT2D eigenvalue weighted by atomic mass is 16.5. The second-order valence-corrected chi connectivity index (χ2v) is 3.26. The number of nitrogens with two attached hydrogens (primary N) is 1. The molecular formula is C11H10N2O2. The number of aryl methyl sites for hydroxylation is 1. The number of hydrogen-bond acceptors (Lipinski definition) is 3. The third kappa shape index (κ3) is 1.74. The molecule has 4 heteroatoms. The fourth-order valence-electron chi connectivity index (χ4n) is 1.38. The Balaban J connectivity index is 2.46. The van der Waals surface area contributed by atoms with Crippen molar-refractivity contribution in [2.75, 3.05) is 0 Å². The lowest BCUT2D eigenvalue weighted by atomic mass is 10.1. The first-order chi connectivity index (χ1) is 7.18. The molecule has 1 heterocycles. The van der Waals surface area contributed by atoms with Crippen LogP contribution in [-0.4, -0.2) is 11.1 Å². The molecule has 0 radical (unpaired) electrons. The highest BCUT2D eigenvalue weighted by Gasteiger charge is 2.11. The lowest BCUT2D eigenvalue weighted by Crippen LogP contribution is -2.09. The molecule has 0 fully saturated rings. The molecule has 0 spiro atoms. The molecule has 1 amide bonds. The van der Waals surface area contributed by atoms with Gasteiger partial charge in [-0.2, -0.15) is 0 Å². The maximum atomic E-state index is 10.8. The van der Waals surface area contributed by atoms with Gasteiger partial charge in [0.2, 0.25) is 5.76 Å². The average molecular weight is 202 g/mol. The Morgan fingerprint density at radius 2 is 2.13 bits per heavy atom. The van der Waals surface area contributed by atoms with E-state index in [0.29, 0.717) is 5.69 Å². The van der Waals surface area contributed by atoms with Crippen molar-refractivity contribution in [2.45, 2.75) is 6.92 Å². The number of nitrogens with zero attached hydrogens (tertiary/aromatic N) is 1. The number of benzene rings is 1. The predicted octanol–water partition coefficient (Wildman–Crippen LogP) is 1.75. The summed E-state index contributed by atoms with van der Waals surface area (Å²) in [6, 6.07) is 9.27. The van der Waals surface area contributed by atoms with E-state index in [1.165, 1.54) is 0 Å². The first-order valence-electron chi connectivity index (χ1n) is 4.51. The number of rotatable bonds is 2. The zero-order chi connectivity index (χ0) is 10.8. The van der Waals surface area contributed by atoms with Gasteiger partial charge in [0.15, 0.2) is 0 Å². The third-order valence-electron chi connectivity index (χ3n) is 2.17. The smallest absolute Gasteiger partial charge is 0.287 e. The molecule has 15 heavy (non-hydrogen) atoms. The van der Waals surface area contributed by atoms with Crippen molar-refractivity contribution in [2.24, 2.45) is 5.73 Å². The van der Waals surface area contributed by atoms with Gasteiger partial charge in [0, 0.05) is 11.6 Å². The van der Waals surface area contributed by atoms with Crippen LogP contribution in [-0.2, 0) is 0 Å². The number of amides is 1. The Morgan fingerprint density at radius 1 is 1.40 bits per heavy atom. The number of hydrogen-bond donors (Lipinski definition) is 1. The summed E-state index contributed by atoms with van der Waals surface area (Å²) in [5.74, 6) is -0.532. The van der Waals surface area contributed by atoms with Crippen molar-refractivity contribution in [3.63, 3.8) is 0 Å². The predicted molar refractivity (Wildman–Crippen MR) is 55.2 cm³/mol. The molecule has 0 aliphatic carbocycles. The van der Waals surface area contributed by atoms with E-state index in [1.54, 1.807) is 6.07 Å². The first kappa shape index (κ1) is 9.45. The molecule has 0 bridgehead atoms. The lowest BCUT2D eigenvalue weighted by Gasteiger charge is -1.98. The van der Waals surface area contributed by atoms with Crippen molar-refractivity contribution in [3.8, 4) is 11.3 Å². The minimum absolute atomic E-state index is 0.0771. The fourth-order valence-corrected chi connectivity index (χ4v) is 1.38. The number of primary amides is 1. The minimum atomic E-state index is -0.609. The molecular weight excluding hydrogens is 192 g/mol. The van der Waals surface area contributed by atoms with Crippen LogP contribution in [0.3, 0.4) is 0 Å². The van der Waals surface area contributed by atoms with Gasteiger partial charge in [-0.3, -0.25) is 4.79 Å². The van der Waals surface area contributed by atoms with Gasteiger partial charge in [0.05, 0.1) is 0 Å². The van der Waals surface area contributed by atoms with E-state index in [9.17, 15) is 4.79 Å². The van der Waals surface area contributed by atoms with E-state index >= 15 is 0 Å². The molecule has 0 saturated carbocycles. The van der Waals surface area contributed by atoms with E-state index in [-0.39, 0.29) is 5.76 Å². The fraction of sp³-hybridized carbons (Fsp3) is 0.0909. The maximum absolute atomic E-state index is 10.8. The molecule has 0 atom stereocenters. The van der Waals surface area contributed by atoms with E-state index in [0.717, 1.165) is 11.1 Å². The summed E-state index contributed by atoms with van der Waals surface area (Å²) in [6.07, 6.45) is 0. The molecule has 2 rings (SSSR count).